The number of rotatable bonds is 5. The van der Waals surface area contributed by atoms with Gasteiger partial charge in [0, 0.05) is 29.9 Å². The highest BCUT2D eigenvalue weighted by Gasteiger charge is 2.28. The Balaban J connectivity index is 1.25. The summed E-state index contributed by atoms with van der Waals surface area (Å²) >= 11 is 1.73. The van der Waals surface area contributed by atoms with Gasteiger partial charge in [0.05, 0.1) is 16.7 Å². The summed E-state index contributed by atoms with van der Waals surface area (Å²) in [6.07, 6.45) is 4.21. The van der Waals surface area contributed by atoms with Crippen molar-refractivity contribution in [3.05, 3.63) is 87.9 Å². The first-order chi connectivity index (χ1) is 15.2. The van der Waals surface area contributed by atoms with Crippen molar-refractivity contribution in [2.45, 2.75) is 25.4 Å². The first kappa shape index (κ1) is 18.4. The zero-order valence-corrected chi connectivity index (χ0v) is 17.9. The van der Waals surface area contributed by atoms with Crippen LogP contribution in [0.15, 0.2) is 71.0 Å². The largest absolute Gasteiger partial charge is 0.489 e. The van der Waals surface area contributed by atoms with Gasteiger partial charge < -0.3 is 9.30 Å². The van der Waals surface area contributed by atoms with Crippen LogP contribution in [0.4, 0.5) is 0 Å². The third-order valence-corrected chi connectivity index (χ3v) is 6.83. The SMILES string of the molecule is Cn1c(C2CC2)nc2ccc(-n3ccc(OCc4ccc5sccc5c4)cc3=O)cc21. The minimum absolute atomic E-state index is 0.116. The number of fused-ring (bicyclic) bond motifs is 2. The van der Waals surface area contributed by atoms with Crippen molar-refractivity contribution < 1.29 is 4.74 Å². The number of aromatic nitrogens is 3. The van der Waals surface area contributed by atoms with E-state index in [0.717, 1.165) is 28.1 Å². The lowest BCUT2D eigenvalue weighted by atomic mass is 10.2. The maximum absolute atomic E-state index is 12.8. The molecule has 31 heavy (non-hydrogen) atoms. The van der Waals surface area contributed by atoms with Gasteiger partial charge in [0.25, 0.3) is 5.56 Å². The molecule has 2 aromatic carbocycles. The summed E-state index contributed by atoms with van der Waals surface area (Å²) in [7, 11) is 2.06. The van der Waals surface area contributed by atoms with Crippen molar-refractivity contribution in [3.8, 4) is 11.4 Å². The first-order valence-electron chi connectivity index (χ1n) is 10.4. The third-order valence-electron chi connectivity index (χ3n) is 5.93. The standard InChI is InChI=1S/C25H21N3O2S/c1-27-22-13-19(5-6-21(22)26-25(27)17-3-4-17)28-10-8-20(14-24(28)29)30-15-16-2-7-23-18(12-16)9-11-31-23/h2,5-14,17H,3-4,15H2,1H3. The predicted molar refractivity (Wildman–Crippen MR) is 124 cm³/mol. The highest BCUT2D eigenvalue weighted by molar-refractivity contribution is 7.17. The molecule has 0 radical (unpaired) electrons. The molecule has 0 bridgehead atoms. The smallest absolute Gasteiger partial charge is 0.258 e. The molecule has 154 valence electrons. The molecule has 0 amide bonds. The number of imidazole rings is 1. The molecular formula is C25H21N3O2S. The fourth-order valence-electron chi connectivity index (χ4n) is 4.09. The highest BCUT2D eigenvalue weighted by Crippen LogP contribution is 2.40. The molecule has 3 heterocycles. The molecule has 1 aliphatic rings. The van der Waals surface area contributed by atoms with E-state index >= 15 is 0 Å². The fraction of sp³-hybridized carbons (Fsp3) is 0.200. The van der Waals surface area contributed by atoms with Gasteiger partial charge in [-0.05, 0) is 71.6 Å². The van der Waals surface area contributed by atoms with Crippen LogP contribution in [-0.2, 0) is 13.7 Å². The number of aryl methyl sites for hydroxylation is 1. The van der Waals surface area contributed by atoms with Crippen LogP contribution in [0, 0.1) is 0 Å². The summed E-state index contributed by atoms with van der Waals surface area (Å²) in [4.78, 5) is 17.6. The van der Waals surface area contributed by atoms with E-state index < -0.39 is 0 Å². The van der Waals surface area contributed by atoms with Gasteiger partial charge in [-0.1, -0.05) is 6.07 Å². The lowest BCUT2D eigenvalue weighted by Crippen LogP contribution is -2.16. The molecule has 5 nitrogen and oxygen atoms in total. The molecule has 6 rings (SSSR count). The number of ether oxygens (including phenoxy) is 1. The van der Waals surface area contributed by atoms with E-state index in [-0.39, 0.29) is 5.56 Å². The Bertz CT molecular complexity index is 1490. The maximum Gasteiger partial charge on any atom is 0.258 e. The highest BCUT2D eigenvalue weighted by atomic mass is 32.1. The maximum atomic E-state index is 12.8. The monoisotopic (exact) mass is 427 g/mol. The molecular weight excluding hydrogens is 406 g/mol. The van der Waals surface area contributed by atoms with Gasteiger partial charge in [-0.25, -0.2) is 4.98 Å². The Labute approximate surface area is 183 Å². The molecule has 0 saturated heterocycles. The van der Waals surface area contributed by atoms with Gasteiger partial charge in [0.1, 0.15) is 18.2 Å². The minimum Gasteiger partial charge on any atom is -0.489 e. The average molecular weight is 428 g/mol. The molecule has 0 atom stereocenters. The van der Waals surface area contributed by atoms with E-state index in [1.165, 1.54) is 22.9 Å². The van der Waals surface area contributed by atoms with Crippen LogP contribution in [0.3, 0.4) is 0 Å². The quantitative estimate of drug-likeness (QED) is 0.378. The topological polar surface area (TPSA) is 49.0 Å². The van der Waals surface area contributed by atoms with E-state index in [2.05, 4.69) is 41.3 Å². The van der Waals surface area contributed by atoms with Crippen LogP contribution >= 0.6 is 11.3 Å². The van der Waals surface area contributed by atoms with Crippen molar-refractivity contribution in [3.63, 3.8) is 0 Å². The Morgan fingerprint density at radius 3 is 2.84 bits per heavy atom. The minimum atomic E-state index is -0.116. The Kier molecular flexibility index (Phi) is 4.21. The van der Waals surface area contributed by atoms with Crippen LogP contribution in [0.25, 0.3) is 26.8 Å². The van der Waals surface area contributed by atoms with Crippen LogP contribution in [0.2, 0.25) is 0 Å². The number of thiophene rings is 1. The second kappa shape index (κ2) is 7.10. The summed E-state index contributed by atoms with van der Waals surface area (Å²) in [5.41, 5.74) is 3.83. The lowest BCUT2D eigenvalue weighted by Gasteiger charge is -2.10. The number of benzene rings is 2. The Hall–Kier alpha value is -3.38. The van der Waals surface area contributed by atoms with Crippen LogP contribution in [0.1, 0.15) is 30.1 Å². The van der Waals surface area contributed by atoms with Gasteiger partial charge >= 0.3 is 0 Å². The van der Waals surface area contributed by atoms with Crippen LogP contribution in [-0.4, -0.2) is 14.1 Å². The van der Waals surface area contributed by atoms with Crippen molar-refractivity contribution in [2.75, 3.05) is 0 Å². The van der Waals surface area contributed by atoms with Gasteiger partial charge in [-0.15, -0.1) is 11.3 Å². The van der Waals surface area contributed by atoms with E-state index in [1.54, 1.807) is 28.2 Å². The van der Waals surface area contributed by atoms with Crippen molar-refractivity contribution in [1.82, 2.24) is 14.1 Å². The van der Waals surface area contributed by atoms with E-state index in [9.17, 15) is 4.79 Å². The number of pyridine rings is 1. The van der Waals surface area contributed by atoms with Crippen molar-refractivity contribution in [2.24, 2.45) is 7.05 Å². The number of hydrogen-bond acceptors (Lipinski definition) is 4. The summed E-state index contributed by atoms with van der Waals surface area (Å²) < 4.78 is 11.0. The van der Waals surface area contributed by atoms with Crippen LogP contribution < -0.4 is 10.3 Å². The molecule has 1 fully saturated rings. The summed E-state index contributed by atoms with van der Waals surface area (Å²) in [6.45, 7) is 0.431. The van der Waals surface area contributed by atoms with Crippen LogP contribution in [0.5, 0.6) is 5.75 Å². The number of nitrogens with zero attached hydrogens (tertiary/aromatic N) is 3. The molecule has 0 N–H and O–H groups in total. The molecule has 5 aromatic rings. The fourth-order valence-corrected chi connectivity index (χ4v) is 4.86. The molecule has 6 heteroatoms. The second-order valence-corrected chi connectivity index (χ2v) is 9.08. The molecule has 0 spiro atoms. The predicted octanol–water partition coefficient (Wildman–Crippen LogP) is 5.40. The first-order valence-corrected chi connectivity index (χ1v) is 11.3. The molecule has 1 saturated carbocycles. The normalized spacial score (nSPS) is 13.8. The Morgan fingerprint density at radius 2 is 2.00 bits per heavy atom. The molecule has 3 aromatic heterocycles. The van der Waals surface area contributed by atoms with E-state index in [1.807, 2.05) is 24.3 Å². The van der Waals surface area contributed by atoms with Gasteiger partial charge in [-0.3, -0.25) is 9.36 Å². The zero-order chi connectivity index (χ0) is 20.9. The summed E-state index contributed by atoms with van der Waals surface area (Å²) in [6, 6.07) is 17.8. The lowest BCUT2D eigenvalue weighted by molar-refractivity contribution is 0.305. The molecule has 0 aliphatic heterocycles. The van der Waals surface area contributed by atoms with E-state index in [4.69, 9.17) is 9.72 Å². The van der Waals surface area contributed by atoms with Gasteiger partial charge in [-0.2, -0.15) is 0 Å². The molecule has 0 unspecified atom stereocenters. The van der Waals surface area contributed by atoms with Gasteiger partial charge in [0.15, 0.2) is 0 Å². The van der Waals surface area contributed by atoms with E-state index in [0.29, 0.717) is 18.3 Å². The Morgan fingerprint density at radius 1 is 1.10 bits per heavy atom. The second-order valence-electron chi connectivity index (χ2n) is 8.13. The molecule has 1 aliphatic carbocycles. The summed E-state index contributed by atoms with van der Waals surface area (Å²) in [5, 5.41) is 3.31. The van der Waals surface area contributed by atoms with Crippen molar-refractivity contribution in [1.29, 1.82) is 0 Å². The zero-order valence-electron chi connectivity index (χ0n) is 17.1. The summed E-state index contributed by atoms with van der Waals surface area (Å²) in [5.74, 6) is 2.30. The number of hydrogen-bond donors (Lipinski definition) is 0. The van der Waals surface area contributed by atoms with Crippen molar-refractivity contribution >= 4 is 32.5 Å². The van der Waals surface area contributed by atoms with Gasteiger partial charge in [0.2, 0.25) is 0 Å². The third kappa shape index (κ3) is 3.33. The average Bonchev–Trinajstić information content (AvgIpc) is 3.43.